The first-order valence-corrected chi connectivity index (χ1v) is 35.9. The van der Waals surface area contributed by atoms with Crippen molar-refractivity contribution in [2.75, 3.05) is 19.8 Å². The molecule has 504 valence electrons. The molecular weight excluding hydrogens is 1090 g/mol. The van der Waals surface area contributed by atoms with Crippen LogP contribution in [0.2, 0.25) is 0 Å². The zero-order valence-corrected chi connectivity index (χ0v) is 54.8. The van der Waals surface area contributed by atoms with Gasteiger partial charge in [-0.2, -0.15) is 0 Å². The van der Waals surface area contributed by atoms with Crippen molar-refractivity contribution >= 4 is 5.91 Å². The van der Waals surface area contributed by atoms with Crippen LogP contribution in [0, 0.1) is 0 Å². The fraction of sp³-hybridized carbons (Fsp3) is 0.875. The minimum absolute atomic E-state index is 0.238. The highest BCUT2D eigenvalue weighted by Gasteiger charge is 2.51. The molecule has 2 saturated heterocycles. The van der Waals surface area contributed by atoms with Gasteiger partial charge in [-0.3, -0.25) is 4.79 Å². The van der Waals surface area contributed by atoms with E-state index in [0.717, 1.165) is 51.4 Å². The number of unbranched alkanes of at least 4 members (excludes halogenated alkanes) is 40. The van der Waals surface area contributed by atoms with Crippen molar-refractivity contribution in [3.63, 3.8) is 0 Å². The summed E-state index contributed by atoms with van der Waals surface area (Å²) < 4.78 is 22.9. The molecule has 1 amide bonds. The molecule has 2 aliphatic rings. The lowest BCUT2D eigenvalue weighted by Crippen LogP contribution is -2.65. The van der Waals surface area contributed by atoms with E-state index in [1.54, 1.807) is 6.08 Å². The molecule has 0 saturated carbocycles. The molecule has 2 heterocycles. The Balaban J connectivity index is 1.68. The second-order valence-electron chi connectivity index (χ2n) is 25.4. The number of aliphatic hydroxyl groups is 8. The monoisotopic (exact) mass is 1220 g/mol. The van der Waals surface area contributed by atoms with E-state index < -0.39 is 86.8 Å². The minimum Gasteiger partial charge on any atom is -0.394 e. The van der Waals surface area contributed by atoms with Crippen LogP contribution in [-0.4, -0.2) is 140 Å². The van der Waals surface area contributed by atoms with Crippen molar-refractivity contribution in [3.8, 4) is 0 Å². The number of hydrogen-bond acceptors (Lipinski definition) is 13. The fourth-order valence-corrected chi connectivity index (χ4v) is 11.8. The molecule has 0 aromatic heterocycles. The molecule has 0 aromatic carbocycles. The summed E-state index contributed by atoms with van der Waals surface area (Å²) in [5.74, 6) is -0.238. The summed E-state index contributed by atoms with van der Waals surface area (Å²) in [6, 6.07) is -0.918. The molecule has 0 aliphatic carbocycles. The maximum absolute atomic E-state index is 13.3. The zero-order chi connectivity index (χ0) is 62.3. The van der Waals surface area contributed by atoms with Crippen LogP contribution in [0.1, 0.15) is 309 Å². The van der Waals surface area contributed by atoms with Gasteiger partial charge in [0.15, 0.2) is 12.6 Å². The Bertz CT molecular complexity index is 1630. The lowest BCUT2D eigenvalue weighted by molar-refractivity contribution is -0.359. The van der Waals surface area contributed by atoms with Crippen LogP contribution >= 0.6 is 0 Å². The predicted molar refractivity (Wildman–Crippen MR) is 351 cm³/mol. The first-order valence-electron chi connectivity index (χ1n) is 35.9. The molecule has 0 bridgehead atoms. The van der Waals surface area contributed by atoms with Gasteiger partial charge in [-0.15, -0.1) is 0 Å². The van der Waals surface area contributed by atoms with Gasteiger partial charge < -0.3 is 65.1 Å². The molecule has 14 heteroatoms. The van der Waals surface area contributed by atoms with Crippen LogP contribution < -0.4 is 5.32 Å². The summed E-state index contributed by atoms with van der Waals surface area (Å²) in [5.41, 5.74) is 0. The largest absolute Gasteiger partial charge is 0.394 e. The minimum atomic E-state index is -1.79. The van der Waals surface area contributed by atoms with Crippen molar-refractivity contribution in [1.82, 2.24) is 5.32 Å². The number of carbonyl (C=O) groups is 1. The topological polar surface area (TPSA) is 228 Å². The lowest BCUT2D eigenvalue weighted by Gasteiger charge is -2.46. The number of allylic oxidation sites excluding steroid dienone is 7. The molecule has 9 N–H and O–H groups in total. The molecule has 2 fully saturated rings. The van der Waals surface area contributed by atoms with Crippen LogP contribution in [-0.2, 0) is 23.7 Å². The molecule has 0 aromatic rings. The molecule has 0 radical (unpaired) electrons. The number of amides is 1. The normalized spacial score (nSPS) is 23.7. The van der Waals surface area contributed by atoms with E-state index in [-0.39, 0.29) is 18.9 Å². The molecule has 0 spiro atoms. The highest BCUT2D eigenvalue weighted by molar-refractivity contribution is 5.76. The fourth-order valence-electron chi connectivity index (χ4n) is 11.8. The number of nitrogens with one attached hydrogen (secondary N) is 1. The molecule has 2 aliphatic heterocycles. The average Bonchev–Trinajstić information content (AvgIpc) is 2.53. The van der Waals surface area contributed by atoms with Gasteiger partial charge in [-0.05, 0) is 57.8 Å². The Morgan fingerprint density at radius 1 is 0.419 bits per heavy atom. The maximum Gasteiger partial charge on any atom is 0.220 e. The van der Waals surface area contributed by atoms with Crippen LogP contribution in [0.4, 0.5) is 0 Å². The SMILES string of the molecule is CCCCCCC/C=C\C/C=C\C/C=C\CCCCCCCCCCCCCCC(=O)NC(COC1OC(CO)C(OC2OC(CO)C(O)C(O)C2O)C(O)C1O)C(O)/C=C/CCCCCCCCCCCCCCCCCCCCCCCCC. The van der Waals surface area contributed by atoms with Crippen LogP contribution in [0.3, 0.4) is 0 Å². The van der Waals surface area contributed by atoms with Crippen molar-refractivity contribution in [1.29, 1.82) is 0 Å². The van der Waals surface area contributed by atoms with Gasteiger partial charge in [0, 0.05) is 6.42 Å². The second-order valence-corrected chi connectivity index (χ2v) is 25.4. The summed E-state index contributed by atoms with van der Waals surface area (Å²) in [5, 5.41) is 87.5. The Morgan fingerprint density at radius 3 is 1.17 bits per heavy atom. The maximum atomic E-state index is 13.3. The van der Waals surface area contributed by atoms with Gasteiger partial charge in [0.2, 0.25) is 5.91 Å². The number of rotatable bonds is 59. The number of carbonyl (C=O) groups excluding carboxylic acids is 1. The number of ether oxygens (including phenoxy) is 4. The van der Waals surface area contributed by atoms with E-state index in [0.29, 0.717) is 6.42 Å². The Kier molecular flexibility index (Phi) is 53.0. The van der Waals surface area contributed by atoms with Crippen LogP contribution in [0.25, 0.3) is 0 Å². The quantitative estimate of drug-likeness (QED) is 0.0204. The highest BCUT2D eigenvalue weighted by Crippen LogP contribution is 2.30. The van der Waals surface area contributed by atoms with E-state index in [1.165, 1.54) is 231 Å². The molecule has 2 rings (SSSR count). The first kappa shape index (κ1) is 80.0. The van der Waals surface area contributed by atoms with Crippen LogP contribution in [0.15, 0.2) is 48.6 Å². The van der Waals surface area contributed by atoms with Gasteiger partial charge in [0.1, 0.15) is 48.8 Å². The summed E-state index contributed by atoms with van der Waals surface area (Å²) in [4.78, 5) is 13.3. The highest BCUT2D eigenvalue weighted by atomic mass is 16.7. The van der Waals surface area contributed by atoms with Crippen molar-refractivity contribution in [3.05, 3.63) is 48.6 Å². The average molecular weight is 1220 g/mol. The summed E-state index contributed by atoms with van der Waals surface area (Å²) >= 11 is 0. The summed E-state index contributed by atoms with van der Waals surface area (Å²) in [6.45, 7) is 2.83. The smallest absolute Gasteiger partial charge is 0.220 e. The van der Waals surface area contributed by atoms with Gasteiger partial charge >= 0.3 is 0 Å². The van der Waals surface area contributed by atoms with Crippen molar-refractivity contribution in [2.24, 2.45) is 0 Å². The van der Waals surface area contributed by atoms with E-state index in [4.69, 9.17) is 18.9 Å². The third kappa shape index (κ3) is 40.6. The van der Waals surface area contributed by atoms with E-state index in [9.17, 15) is 45.6 Å². The molecule has 14 nitrogen and oxygen atoms in total. The van der Waals surface area contributed by atoms with Gasteiger partial charge in [-0.25, -0.2) is 0 Å². The Hall–Kier alpha value is -2.05. The Morgan fingerprint density at radius 2 is 0.767 bits per heavy atom. The standard InChI is InChI=1S/C72H133NO13/c1-3-5-7-9-11-13-15-17-19-21-23-25-27-29-30-32-34-36-38-40-42-44-46-48-50-52-54-56-64(77)73-60(59-83-71-69(82)67(80)70(63(58-75)85-71)86-72-68(81)66(79)65(78)62(57-74)84-72)61(76)55-53-51-49-47-45-43-41-39-37-35-33-31-28-26-24-22-20-18-16-14-12-10-8-6-4-2/h15,17,21,23,27,29,53,55,60-63,65-72,74-76,78-82H,3-14,16,18-20,22,24-26,28,30-52,54,56-59H2,1-2H3,(H,73,77)/b17-15-,23-21-,29-27-,55-53+. The molecule has 12 unspecified atom stereocenters. The zero-order valence-electron chi connectivity index (χ0n) is 54.8. The van der Waals surface area contributed by atoms with Crippen molar-refractivity contribution < 1.29 is 64.6 Å². The predicted octanol–water partition coefficient (Wildman–Crippen LogP) is 14.7. The number of aliphatic hydroxyl groups excluding tert-OH is 8. The third-order valence-corrected chi connectivity index (χ3v) is 17.5. The van der Waals surface area contributed by atoms with E-state index in [1.807, 2.05) is 6.08 Å². The second kappa shape index (κ2) is 56.9. The molecule has 86 heavy (non-hydrogen) atoms. The first-order chi connectivity index (χ1) is 42.1. The van der Waals surface area contributed by atoms with Crippen LogP contribution in [0.5, 0.6) is 0 Å². The van der Waals surface area contributed by atoms with Gasteiger partial charge in [-0.1, -0.05) is 294 Å². The molecule has 12 atom stereocenters. The van der Waals surface area contributed by atoms with Gasteiger partial charge in [0.25, 0.3) is 0 Å². The molecular formula is C72H133NO13. The third-order valence-electron chi connectivity index (χ3n) is 17.5. The summed E-state index contributed by atoms with van der Waals surface area (Å²) in [6.07, 6.45) is 57.3. The number of hydrogen-bond donors (Lipinski definition) is 9. The summed E-state index contributed by atoms with van der Waals surface area (Å²) in [7, 11) is 0. The lowest BCUT2D eigenvalue weighted by atomic mass is 9.97. The van der Waals surface area contributed by atoms with Crippen molar-refractivity contribution in [2.45, 2.75) is 383 Å². The van der Waals surface area contributed by atoms with E-state index >= 15 is 0 Å². The van der Waals surface area contributed by atoms with E-state index in [2.05, 4.69) is 55.6 Å². The Labute approximate surface area is 524 Å². The van der Waals surface area contributed by atoms with Gasteiger partial charge in [0.05, 0.1) is 32.0 Å².